The van der Waals surface area contributed by atoms with Crippen molar-refractivity contribution in [3.8, 4) is 0 Å². The number of carbonyl (C=O) groups excluding carboxylic acids is 2. The van der Waals surface area contributed by atoms with Crippen LogP contribution in [0.15, 0.2) is 24.3 Å². The van der Waals surface area contributed by atoms with Crippen LogP contribution in [0.4, 0.5) is 5.69 Å². The van der Waals surface area contributed by atoms with Gasteiger partial charge in [-0.2, -0.15) is 0 Å². The first-order chi connectivity index (χ1) is 10.0. The van der Waals surface area contributed by atoms with Crippen LogP contribution >= 0.6 is 0 Å². The Morgan fingerprint density at radius 3 is 2.33 bits per heavy atom. The molecule has 6 heteroatoms. The van der Waals surface area contributed by atoms with E-state index < -0.39 is 18.4 Å². The summed E-state index contributed by atoms with van der Waals surface area (Å²) in [5, 5.41) is 13.6. The summed E-state index contributed by atoms with van der Waals surface area (Å²) in [5.74, 6) is -1.05. The summed E-state index contributed by atoms with van der Waals surface area (Å²) in [4.78, 5) is 33.7. The van der Waals surface area contributed by atoms with Crippen LogP contribution in [-0.2, 0) is 9.59 Å². The minimum absolute atomic E-state index is 0.0113. The molecule has 1 aliphatic rings. The van der Waals surface area contributed by atoms with Gasteiger partial charge in [-0.1, -0.05) is 6.42 Å². The molecule has 0 saturated heterocycles. The second kappa shape index (κ2) is 6.88. The zero-order chi connectivity index (χ0) is 15.2. The van der Waals surface area contributed by atoms with Crippen molar-refractivity contribution < 1.29 is 19.5 Å². The zero-order valence-electron chi connectivity index (χ0n) is 11.6. The van der Waals surface area contributed by atoms with Gasteiger partial charge in [-0.15, -0.1) is 0 Å². The van der Waals surface area contributed by atoms with Crippen molar-refractivity contribution in [1.29, 1.82) is 0 Å². The number of amides is 2. The Morgan fingerprint density at radius 2 is 1.81 bits per heavy atom. The Morgan fingerprint density at radius 1 is 1.14 bits per heavy atom. The fourth-order valence-electron chi connectivity index (χ4n) is 2.13. The van der Waals surface area contributed by atoms with Gasteiger partial charge in [0.05, 0.1) is 0 Å². The number of hydrogen-bond donors (Lipinski definition) is 3. The van der Waals surface area contributed by atoms with Gasteiger partial charge in [-0.3, -0.25) is 14.4 Å². The molecular formula is C15H18N2O4. The van der Waals surface area contributed by atoms with Gasteiger partial charge < -0.3 is 15.7 Å². The van der Waals surface area contributed by atoms with Crippen LogP contribution in [0.5, 0.6) is 0 Å². The lowest BCUT2D eigenvalue weighted by atomic mass is 9.83. The summed E-state index contributed by atoms with van der Waals surface area (Å²) in [6, 6.07) is 6.37. The predicted molar refractivity (Wildman–Crippen MR) is 77.0 cm³/mol. The molecule has 112 valence electrons. The second-order valence-corrected chi connectivity index (χ2v) is 5.20. The molecule has 2 amide bonds. The van der Waals surface area contributed by atoms with Crippen LogP contribution in [-0.4, -0.2) is 29.4 Å². The van der Waals surface area contributed by atoms with Crippen molar-refractivity contribution in [2.24, 2.45) is 5.92 Å². The van der Waals surface area contributed by atoms with E-state index in [1.165, 1.54) is 6.42 Å². The Bertz CT molecular complexity index is 535. The summed E-state index contributed by atoms with van der Waals surface area (Å²) in [5.41, 5.74) is 0.988. The quantitative estimate of drug-likeness (QED) is 0.742. The molecule has 3 N–H and O–H groups in total. The van der Waals surface area contributed by atoms with Crippen molar-refractivity contribution in [2.45, 2.75) is 25.7 Å². The van der Waals surface area contributed by atoms with Gasteiger partial charge in [0.25, 0.3) is 5.91 Å². The Balaban J connectivity index is 1.84. The Labute approximate surface area is 122 Å². The molecule has 2 rings (SSSR count). The smallest absolute Gasteiger partial charge is 0.322 e. The maximum Gasteiger partial charge on any atom is 0.322 e. The van der Waals surface area contributed by atoms with Gasteiger partial charge in [-0.25, -0.2) is 0 Å². The molecule has 1 saturated carbocycles. The van der Waals surface area contributed by atoms with Gasteiger partial charge in [0, 0.05) is 17.7 Å². The highest BCUT2D eigenvalue weighted by Crippen LogP contribution is 2.29. The van der Waals surface area contributed by atoms with E-state index in [0.717, 1.165) is 12.8 Å². The molecule has 1 aromatic carbocycles. The SMILES string of the molecule is O=C(O)CNC(=O)c1ccc(NC(=O)CC2CCC2)cc1. The summed E-state index contributed by atoms with van der Waals surface area (Å²) in [6.45, 7) is -0.418. The largest absolute Gasteiger partial charge is 0.480 e. The first-order valence-corrected chi connectivity index (χ1v) is 6.94. The topological polar surface area (TPSA) is 95.5 Å². The lowest BCUT2D eigenvalue weighted by molar-refractivity contribution is -0.135. The van der Waals surface area contributed by atoms with E-state index >= 15 is 0 Å². The lowest BCUT2D eigenvalue weighted by Gasteiger charge is -2.24. The molecule has 0 aliphatic heterocycles. The maximum atomic E-state index is 11.8. The van der Waals surface area contributed by atoms with Gasteiger partial charge in [0.15, 0.2) is 0 Å². The van der Waals surface area contributed by atoms with E-state index in [4.69, 9.17) is 5.11 Å². The second-order valence-electron chi connectivity index (χ2n) is 5.20. The Kier molecular flexibility index (Phi) is 4.92. The summed E-state index contributed by atoms with van der Waals surface area (Å²) in [7, 11) is 0. The molecule has 0 aromatic heterocycles. The molecule has 0 spiro atoms. The molecule has 0 radical (unpaired) electrons. The van der Waals surface area contributed by atoms with E-state index in [-0.39, 0.29) is 5.91 Å². The van der Waals surface area contributed by atoms with Crippen LogP contribution in [0.1, 0.15) is 36.0 Å². The number of nitrogens with one attached hydrogen (secondary N) is 2. The van der Waals surface area contributed by atoms with E-state index in [1.807, 2.05) is 0 Å². The van der Waals surface area contributed by atoms with Crippen molar-refractivity contribution in [2.75, 3.05) is 11.9 Å². The fourth-order valence-corrected chi connectivity index (χ4v) is 2.13. The van der Waals surface area contributed by atoms with Crippen LogP contribution in [0.25, 0.3) is 0 Å². The zero-order valence-corrected chi connectivity index (χ0v) is 11.6. The number of carboxylic acid groups (broad SMARTS) is 1. The fraction of sp³-hybridized carbons (Fsp3) is 0.400. The number of benzene rings is 1. The van der Waals surface area contributed by atoms with Crippen molar-refractivity contribution in [3.05, 3.63) is 29.8 Å². The van der Waals surface area contributed by atoms with Crippen LogP contribution in [0.3, 0.4) is 0 Å². The summed E-state index contributed by atoms with van der Waals surface area (Å²) < 4.78 is 0. The normalized spacial score (nSPS) is 14.1. The highest BCUT2D eigenvalue weighted by atomic mass is 16.4. The summed E-state index contributed by atoms with van der Waals surface area (Å²) in [6.07, 6.45) is 3.99. The van der Waals surface area contributed by atoms with Crippen molar-refractivity contribution in [1.82, 2.24) is 5.32 Å². The van der Waals surface area contributed by atoms with E-state index in [2.05, 4.69) is 10.6 Å². The standard InChI is InChI=1S/C15H18N2O4/c18-13(8-10-2-1-3-10)17-12-6-4-11(5-7-12)15(21)16-9-14(19)20/h4-7,10H,1-3,8-9H2,(H,16,21)(H,17,18)(H,19,20). The van der Waals surface area contributed by atoms with Crippen LogP contribution in [0, 0.1) is 5.92 Å². The number of carbonyl (C=O) groups is 3. The lowest BCUT2D eigenvalue weighted by Crippen LogP contribution is -2.29. The van der Waals surface area contributed by atoms with Gasteiger partial charge in [-0.05, 0) is 43.0 Å². The highest BCUT2D eigenvalue weighted by molar-refractivity contribution is 5.97. The van der Waals surface area contributed by atoms with Crippen LogP contribution in [0.2, 0.25) is 0 Å². The third-order valence-electron chi connectivity index (χ3n) is 3.53. The monoisotopic (exact) mass is 290 g/mol. The van der Waals surface area contributed by atoms with E-state index in [0.29, 0.717) is 23.6 Å². The Hall–Kier alpha value is -2.37. The van der Waals surface area contributed by atoms with Crippen molar-refractivity contribution in [3.63, 3.8) is 0 Å². The first-order valence-electron chi connectivity index (χ1n) is 6.94. The van der Waals surface area contributed by atoms with Gasteiger partial charge in [0.2, 0.25) is 5.91 Å². The van der Waals surface area contributed by atoms with Crippen molar-refractivity contribution >= 4 is 23.5 Å². The average Bonchev–Trinajstić information content (AvgIpc) is 2.41. The predicted octanol–water partition coefficient (Wildman–Crippen LogP) is 1.63. The molecule has 6 nitrogen and oxygen atoms in total. The van der Waals surface area contributed by atoms with E-state index in [1.54, 1.807) is 24.3 Å². The molecule has 0 atom stereocenters. The maximum absolute atomic E-state index is 11.8. The number of rotatable bonds is 6. The van der Waals surface area contributed by atoms with Gasteiger partial charge in [0.1, 0.15) is 6.54 Å². The van der Waals surface area contributed by atoms with E-state index in [9.17, 15) is 14.4 Å². The minimum atomic E-state index is -1.09. The molecule has 1 fully saturated rings. The minimum Gasteiger partial charge on any atom is -0.480 e. The molecule has 21 heavy (non-hydrogen) atoms. The molecule has 0 bridgehead atoms. The molecular weight excluding hydrogens is 272 g/mol. The van der Waals surface area contributed by atoms with Gasteiger partial charge >= 0.3 is 5.97 Å². The van der Waals surface area contributed by atoms with Crippen LogP contribution < -0.4 is 10.6 Å². The number of aliphatic carboxylic acids is 1. The molecule has 1 aromatic rings. The molecule has 1 aliphatic carbocycles. The number of carboxylic acids is 1. The third kappa shape index (κ3) is 4.59. The molecule has 0 heterocycles. The first kappa shape index (κ1) is 15.0. The number of hydrogen-bond acceptors (Lipinski definition) is 3. The molecule has 0 unspecified atom stereocenters. The average molecular weight is 290 g/mol. The summed E-state index contributed by atoms with van der Waals surface area (Å²) >= 11 is 0. The third-order valence-corrected chi connectivity index (χ3v) is 3.53. The number of anilines is 1. The highest BCUT2D eigenvalue weighted by Gasteiger charge is 2.20.